The van der Waals surface area contributed by atoms with E-state index >= 15 is 0 Å². The fraction of sp³-hybridized carbons (Fsp3) is 0.214. The Morgan fingerprint density at radius 1 is 0.971 bits per heavy atom. The first kappa shape index (κ1) is 23.9. The molecule has 0 radical (unpaired) electrons. The van der Waals surface area contributed by atoms with Gasteiger partial charge in [-0.3, -0.25) is 9.78 Å². The summed E-state index contributed by atoms with van der Waals surface area (Å²) in [5, 5.41) is 0. The van der Waals surface area contributed by atoms with Gasteiger partial charge in [-0.1, -0.05) is 18.2 Å². The molecule has 5 rings (SSSR count). The van der Waals surface area contributed by atoms with Gasteiger partial charge in [-0.15, -0.1) is 0 Å². The van der Waals surface area contributed by atoms with E-state index in [1.165, 1.54) is 18.5 Å². The van der Waals surface area contributed by atoms with Gasteiger partial charge in [0.05, 0.1) is 37.8 Å². The average molecular weight is 472 g/mol. The molecule has 1 fully saturated rings. The highest BCUT2D eigenvalue weighted by atomic mass is 16.5. The Kier molecular flexibility index (Phi) is 8.01. The van der Waals surface area contributed by atoms with E-state index in [-0.39, 0.29) is 6.10 Å². The second-order valence-corrected chi connectivity index (χ2v) is 8.12. The molecule has 0 N–H and O–H groups in total. The highest BCUT2D eigenvalue weighted by molar-refractivity contribution is 5.64. The van der Waals surface area contributed by atoms with Crippen LogP contribution >= 0.6 is 0 Å². The first-order chi connectivity index (χ1) is 17.2. The average Bonchev–Trinajstić information content (AvgIpc) is 3.41. The minimum Gasteiger partial charge on any atom is -0.487 e. The number of aryl methyl sites for hydroxylation is 1. The number of ether oxygens (including phenoxy) is 3. The number of anilines is 1. The van der Waals surface area contributed by atoms with Crippen LogP contribution in [0.25, 0.3) is 5.69 Å². The Hall–Kier alpha value is -4.26. The van der Waals surface area contributed by atoms with Crippen molar-refractivity contribution in [2.24, 2.45) is 0 Å². The normalized spacial score (nSPS) is 12.7. The zero-order valence-electron chi connectivity index (χ0n) is 19.9. The Morgan fingerprint density at radius 3 is 2.37 bits per heavy atom. The number of hydrogen-bond donors (Lipinski definition) is 0. The lowest BCUT2D eigenvalue weighted by Crippen LogP contribution is -2.54. The quantitative estimate of drug-likeness (QED) is 0.344. The minimum absolute atomic E-state index is 0.189. The molecule has 0 amide bonds. The van der Waals surface area contributed by atoms with Gasteiger partial charge < -0.3 is 23.7 Å². The number of methoxy groups -OCH3 is 1. The second kappa shape index (κ2) is 11.7. The van der Waals surface area contributed by atoms with E-state index in [4.69, 9.17) is 14.3 Å². The summed E-state index contributed by atoms with van der Waals surface area (Å²) in [6, 6.07) is 22.6. The van der Waals surface area contributed by atoms with E-state index in [2.05, 4.69) is 74.9 Å². The Balaban J connectivity index is 0.000000672. The molecule has 2 aromatic heterocycles. The molecule has 0 unspecified atom stereocenters. The van der Waals surface area contributed by atoms with Crippen molar-refractivity contribution in [3.8, 4) is 17.2 Å². The molecule has 0 atom stereocenters. The molecule has 0 bridgehead atoms. The Morgan fingerprint density at radius 2 is 1.71 bits per heavy atom. The van der Waals surface area contributed by atoms with Crippen LogP contribution in [0.3, 0.4) is 0 Å². The first-order valence-electron chi connectivity index (χ1n) is 11.4. The van der Waals surface area contributed by atoms with Crippen molar-refractivity contribution in [3.05, 3.63) is 103 Å². The van der Waals surface area contributed by atoms with Crippen LogP contribution in [0, 0.1) is 6.92 Å². The lowest BCUT2D eigenvalue weighted by molar-refractivity contribution is -0.126. The lowest BCUT2D eigenvalue weighted by Gasteiger charge is -2.41. The van der Waals surface area contributed by atoms with E-state index in [9.17, 15) is 0 Å². The van der Waals surface area contributed by atoms with Gasteiger partial charge in [0.1, 0.15) is 24.2 Å². The van der Waals surface area contributed by atoms with Crippen LogP contribution in [0.4, 0.5) is 5.69 Å². The van der Waals surface area contributed by atoms with Gasteiger partial charge in [-0.2, -0.15) is 0 Å². The minimum atomic E-state index is 0.189. The molecule has 1 aliphatic rings. The summed E-state index contributed by atoms with van der Waals surface area (Å²) in [6.45, 7) is 4.74. The molecule has 35 heavy (non-hydrogen) atoms. The Bertz CT molecular complexity index is 1210. The van der Waals surface area contributed by atoms with Crippen molar-refractivity contribution in [2.45, 2.75) is 19.6 Å². The first-order valence-corrected chi connectivity index (χ1v) is 11.4. The molecule has 3 heterocycles. The SMILES string of the molecule is COC=O.Cc1cc(OC2CN(c3ccccc3-n3cccc3)C2)ccc1COc1cccnc1. The summed E-state index contributed by atoms with van der Waals surface area (Å²) < 4.78 is 18.1. The maximum atomic E-state index is 8.95. The van der Waals surface area contributed by atoms with E-state index < -0.39 is 0 Å². The monoisotopic (exact) mass is 471 g/mol. The number of benzene rings is 2. The van der Waals surface area contributed by atoms with Crippen molar-refractivity contribution >= 4 is 12.2 Å². The summed E-state index contributed by atoms with van der Waals surface area (Å²) in [5.74, 6) is 1.68. The van der Waals surface area contributed by atoms with Crippen LogP contribution in [0.15, 0.2) is 91.5 Å². The predicted molar refractivity (Wildman–Crippen MR) is 135 cm³/mol. The van der Waals surface area contributed by atoms with Crippen LogP contribution in [-0.2, 0) is 16.1 Å². The molecule has 180 valence electrons. The number of rotatable bonds is 8. The van der Waals surface area contributed by atoms with E-state index in [1.807, 2.05) is 30.3 Å². The van der Waals surface area contributed by atoms with E-state index in [1.54, 1.807) is 12.4 Å². The molecule has 4 aromatic rings. The van der Waals surface area contributed by atoms with Crippen molar-refractivity contribution in [1.82, 2.24) is 9.55 Å². The largest absolute Gasteiger partial charge is 0.487 e. The third kappa shape index (κ3) is 6.20. The van der Waals surface area contributed by atoms with Crippen LogP contribution in [0.5, 0.6) is 11.5 Å². The Labute approximate surface area is 205 Å². The molecule has 1 saturated heterocycles. The van der Waals surface area contributed by atoms with Gasteiger partial charge in [0.25, 0.3) is 6.47 Å². The zero-order chi connectivity index (χ0) is 24.5. The maximum Gasteiger partial charge on any atom is 0.292 e. The molecule has 0 aliphatic carbocycles. The van der Waals surface area contributed by atoms with Crippen LogP contribution in [-0.4, -0.2) is 42.3 Å². The van der Waals surface area contributed by atoms with Crippen molar-refractivity contribution in [3.63, 3.8) is 0 Å². The topological polar surface area (TPSA) is 65.8 Å². The van der Waals surface area contributed by atoms with E-state index in [0.717, 1.165) is 35.7 Å². The fourth-order valence-electron chi connectivity index (χ4n) is 3.84. The molecule has 2 aromatic carbocycles. The van der Waals surface area contributed by atoms with Crippen molar-refractivity contribution in [2.75, 3.05) is 25.1 Å². The molecule has 1 aliphatic heterocycles. The smallest absolute Gasteiger partial charge is 0.292 e. The van der Waals surface area contributed by atoms with Gasteiger partial charge in [0.2, 0.25) is 0 Å². The summed E-state index contributed by atoms with van der Waals surface area (Å²) in [6.07, 6.45) is 7.81. The molecule has 0 saturated carbocycles. The number of carbonyl (C=O) groups excluding carboxylic acids is 1. The van der Waals surface area contributed by atoms with Gasteiger partial charge in [0, 0.05) is 18.6 Å². The van der Waals surface area contributed by atoms with E-state index in [0.29, 0.717) is 13.1 Å². The maximum absolute atomic E-state index is 8.95. The van der Waals surface area contributed by atoms with Crippen molar-refractivity contribution in [1.29, 1.82) is 0 Å². The number of aromatic nitrogens is 2. The lowest BCUT2D eigenvalue weighted by atomic mass is 10.1. The summed E-state index contributed by atoms with van der Waals surface area (Å²) in [4.78, 5) is 15.4. The number of nitrogens with zero attached hydrogens (tertiary/aromatic N) is 3. The second-order valence-electron chi connectivity index (χ2n) is 8.12. The summed E-state index contributed by atoms with van der Waals surface area (Å²) >= 11 is 0. The van der Waals surface area contributed by atoms with Crippen LogP contribution in [0.2, 0.25) is 0 Å². The van der Waals surface area contributed by atoms with Crippen LogP contribution in [0.1, 0.15) is 11.1 Å². The number of para-hydroxylation sites is 2. The van der Waals surface area contributed by atoms with Gasteiger partial charge >= 0.3 is 0 Å². The van der Waals surface area contributed by atoms with Gasteiger partial charge in [-0.05, 0) is 66.6 Å². The standard InChI is InChI=1S/C26H25N3O2.C2H4O2/c1-20-15-22(11-10-21(20)19-30-23-7-6-12-27-16-23)31-24-17-29(18-24)26-9-3-2-8-25(26)28-13-4-5-14-28;1-4-2-3/h2-16,24H,17-19H2,1H3;2H,1H3. The molecule has 7 nitrogen and oxygen atoms in total. The molecular weight excluding hydrogens is 442 g/mol. The summed E-state index contributed by atoms with van der Waals surface area (Å²) in [5.41, 5.74) is 4.74. The van der Waals surface area contributed by atoms with Crippen LogP contribution < -0.4 is 14.4 Å². The molecule has 0 spiro atoms. The fourth-order valence-corrected chi connectivity index (χ4v) is 3.84. The van der Waals surface area contributed by atoms with Crippen molar-refractivity contribution < 1.29 is 19.0 Å². The summed E-state index contributed by atoms with van der Waals surface area (Å²) in [7, 11) is 1.31. The molecular formula is C28H29N3O4. The highest BCUT2D eigenvalue weighted by Gasteiger charge is 2.30. The predicted octanol–water partition coefficient (Wildman–Crippen LogP) is 4.82. The number of hydrogen-bond acceptors (Lipinski definition) is 6. The number of carbonyl (C=O) groups is 1. The third-order valence-electron chi connectivity index (χ3n) is 5.69. The van der Waals surface area contributed by atoms with Gasteiger partial charge in [0.15, 0.2) is 0 Å². The molecule has 7 heteroatoms. The van der Waals surface area contributed by atoms with Gasteiger partial charge in [-0.25, -0.2) is 0 Å². The third-order valence-corrected chi connectivity index (χ3v) is 5.69. The zero-order valence-corrected chi connectivity index (χ0v) is 19.9. The highest BCUT2D eigenvalue weighted by Crippen LogP contribution is 2.30. The number of pyridine rings is 1.